The van der Waals surface area contributed by atoms with Crippen molar-refractivity contribution in [2.75, 3.05) is 6.54 Å². The molecule has 3 aromatic carbocycles. The molecule has 48 heavy (non-hydrogen) atoms. The first-order valence-electron chi connectivity index (χ1n) is 15.6. The number of nitrogens with zero attached hydrogens (tertiary/aromatic N) is 5. The number of esters is 1. The topological polar surface area (TPSA) is 117 Å². The van der Waals surface area contributed by atoms with Crippen LogP contribution >= 0.6 is 11.3 Å². The number of thiazole rings is 1. The van der Waals surface area contributed by atoms with Crippen molar-refractivity contribution in [3.05, 3.63) is 117 Å². The van der Waals surface area contributed by atoms with Crippen molar-refractivity contribution in [2.24, 2.45) is 0 Å². The van der Waals surface area contributed by atoms with Gasteiger partial charge in [-0.15, -0.1) is 16.0 Å². The molecule has 1 fully saturated rings. The molecule has 0 amide bonds. The smallest absolute Gasteiger partial charge is 0.328 e. The van der Waals surface area contributed by atoms with E-state index in [4.69, 9.17) is 15.0 Å². The maximum Gasteiger partial charge on any atom is 0.328 e. The number of carbonyl (C=O) groups is 1. The quantitative estimate of drug-likeness (QED) is 0.115. The van der Waals surface area contributed by atoms with Gasteiger partial charge in [-0.2, -0.15) is 5.26 Å². The van der Waals surface area contributed by atoms with Gasteiger partial charge in [-0.25, -0.2) is 23.1 Å². The number of nitrogens with one attached hydrogen (secondary N) is 1. The summed E-state index contributed by atoms with van der Waals surface area (Å²) in [6.07, 6.45) is 5.04. The average molecular weight is 670 g/mol. The Kier molecular flexibility index (Phi) is 9.46. The lowest BCUT2D eigenvalue weighted by atomic mass is 9.82. The van der Waals surface area contributed by atoms with Crippen molar-refractivity contribution in [3.63, 3.8) is 0 Å². The molecular formula is C36H35F2N6O3S+. The lowest BCUT2D eigenvalue weighted by Crippen LogP contribution is -2.39. The molecule has 0 radical (unpaired) electrons. The van der Waals surface area contributed by atoms with Crippen molar-refractivity contribution in [3.8, 4) is 23.1 Å². The van der Waals surface area contributed by atoms with E-state index in [9.17, 15) is 14.3 Å². The van der Waals surface area contributed by atoms with Crippen molar-refractivity contribution in [1.29, 1.82) is 5.26 Å². The predicted molar refractivity (Wildman–Crippen MR) is 175 cm³/mol. The minimum absolute atomic E-state index is 0.0715. The van der Waals surface area contributed by atoms with Gasteiger partial charge in [0.1, 0.15) is 35.6 Å². The molecule has 9 nitrogen and oxygen atoms in total. The van der Waals surface area contributed by atoms with Crippen LogP contribution in [0.3, 0.4) is 0 Å². The van der Waals surface area contributed by atoms with E-state index in [1.54, 1.807) is 43.8 Å². The van der Waals surface area contributed by atoms with Gasteiger partial charge in [0, 0.05) is 33.6 Å². The van der Waals surface area contributed by atoms with Crippen LogP contribution in [0.5, 0.6) is 5.75 Å². The third-order valence-corrected chi connectivity index (χ3v) is 9.81. The van der Waals surface area contributed by atoms with E-state index in [0.29, 0.717) is 28.6 Å². The van der Waals surface area contributed by atoms with Gasteiger partial charge in [-0.1, -0.05) is 25.1 Å². The van der Waals surface area contributed by atoms with Crippen molar-refractivity contribution in [2.45, 2.75) is 64.3 Å². The van der Waals surface area contributed by atoms with E-state index < -0.39 is 23.2 Å². The van der Waals surface area contributed by atoms with Gasteiger partial charge in [0.2, 0.25) is 6.33 Å². The number of carbonyl (C=O) groups excluding carboxylic acids is 1. The summed E-state index contributed by atoms with van der Waals surface area (Å²) in [6.45, 7) is 6.67. The summed E-state index contributed by atoms with van der Waals surface area (Å²) in [5.74, 6) is -2.05. The molecule has 1 saturated heterocycles. The highest BCUT2D eigenvalue weighted by atomic mass is 32.1. The first-order chi connectivity index (χ1) is 23.0. The van der Waals surface area contributed by atoms with Crippen LogP contribution in [-0.4, -0.2) is 38.4 Å². The van der Waals surface area contributed by atoms with Crippen LogP contribution in [-0.2, 0) is 23.5 Å². The molecule has 2 aromatic heterocycles. The zero-order chi connectivity index (χ0) is 34.0. The SMILES string of the molecule is Cc1cc(C[n+]2cnn(C[C@](O)(c3ccc(F)cc3F)[C@@H](C)c3nc(-c4ccc(C#N)cc4)cs3)c2)cc(C)c1OC(=O)[C@@H]1CCCN1. The maximum atomic E-state index is 15.3. The van der Waals surface area contributed by atoms with Crippen LogP contribution in [0.4, 0.5) is 8.78 Å². The molecule has 1 aliphatic heterocycles. The number of rotatable bonds is 10. The Balaban J connectivity index is 1.24. The Labute approximate surface area is 281 Å². The number of ether oxygens (including phenoxy) is 1. The zero-order valence-corrected chi connectivity index (χ0v) is 27.6. The number of hydrogen-bond donors (Lipinski definition) is 2. The third-order valence-electron chi connectivity index (χ3n) is 8.78. The minimum Gasteiger partial charge on any atom is -0.425 e. The Morgan fingerprint density at radius 2 is 1.96 bits per heavy atom. The largest absolute Gasteiger partial charge is 0.425 e. The molecule has 3 heterocycles. The fraction of sp³-hybridized carbons (Fsp3) is 0.306. The van der Waals surface area contributed by atoms with Crippen LogP contribution in [0.1, 0.15) is 58.5 Å². The number of aromatic nitrogens is 4. The normalized spacial score (nSPS) is 16.3. The van der Waals surface area contributed by atoms with Crippen LogP contribution in [0.15, 0.2) is 72.6 Å². The van der Waals surface area contributed by atoms with Gasteiger partial charge < -0.3 is 15.2 Å². The third kappa shape index (κ3) is 6.89. The van der Waals surface area contributed by atoms with Gasteiger partial charge >= 0.3 is 5.97 Å². The summed E-state index contributed by atoms with van der Waals surface area (Å²) >= 11 is 1.32. The molecule has 3 atom stereocenters. The second-order valence-electron chi connectivity index (χ2n) is 12.3. The second kappa shape index (κ2) is 13.7. The highest BCUT2D eigenvalue weighted by Gasteiger charge is 2.43. The summed E-state index contributed by atoms with van der Waals surface area (Å²) in [5.41, 5.74) is 2.69. The Morgan fingerprint density at radius 1 is 1.21 bits per heavy atom. The van der Waals surface area contributed by atoms with Crippen molar-refractivity contribution in [1.82, 2.24) is 20.1 Å². The van der Waals surface area contributed by atoms with E-state index in [1.807, 2.05) is 35.9 Å². The van der Waals surface area contributed by atoms with Gasteiger partial charge in [-0.05, 0) is 80.3 Å². The number of halogens is 2. The number of nitriles is 1. The Hall–Kier alpha value is -4.83. The Bertz CT molecular complexity index is 1970. The average Bonchev–Trinajstić information content (AvgIpc) is 3.86. The minimum atomic E-state index is -1.85. The molecular weight excluding hydrogens is 634 g/mol. The second-order valence-corrected chi connectivity index (χ2v) is 13.2. The standard InChI is InChI=1S/C36H35F2N6O3S/c1-22-13-26(14-23(2)33(22)47-35(45)31-5-4-12-40-31)17-43-20-41-44(21-43)19-36(46,29-11-10-28(37)15-30(29)38)24(3)34-42-32(18-48-34)27-8-6-25(16-39)7-9-27/h6-11,13-15,18,20-21,24,31,40,46H,4-5,12,17,19H2,1-3H3/q+1/t24-,31-,36+/m0/s1. The van der Waals surface area contributed by atoms with Crippen molar-refractivity contribution >= 4 is 17.3 Å². The number of hydrogen-bond acceptors (Lipinski definition) is 8. The monoisotopic (exact) mass is 669 g/mol. The van der Waals surface area contributed by atoms with Crippen LogP contribution < -0.4 is 14.6 Å². The van der Waals surface area contributed by atoms with E-state index in [2.05, 4.69) is 16.5 Å². The number of aryl methyl sites for hydroxylation is 2. The molecule has 246 valence electrons. The lowest BCUT2D eigenvalue weighted by Gasteiger charge is -2.32. The number of benzene rings is 3. The van der Waals surface area contributed by atoms with Crippen LogP contribution in [0.25, 0.3) is 11.3 Å². The molecule has 1 aliphatic rings. The van der Waals surface area contributed by atoms with E-state index in [-0.39, 0.29) is 24.1 Å². The molecule has 0 unspecified atom stereocenters. The van der Waals surface area contributed by atoms with Gasteiger partial charge in [0.25, 0.3) is 6.33 Å². The van der Waals surface area contributed by atoms with Crippen molar-refractivity contribution < 1.29 is 28.0 Å². The van der Waals surface area contributed by atoms with Crippen LogP contribution in [0, 0.1) is 36.8 Å². The lowest BCUT2D eigenvalue weighted by molar-refractivity contribution is -0.689. The fourth-order valence-electron chi connectivity index (χ4n) is 6.17. The summed E-state index contributed by atoms with van der Waals surface area (Å²) in [5, 5.41) is 31.4. The molecule has 0 spiro atoms. The highest BCUT2D eigenvalue weighted by Crippen LogP contribution is 2.41. The van der Waals surface area contributed by atoms with E-state index in [0.717, 1.165) is 53.8 Å². The maximum absolute atomic E-state index is 15.3. The van der Waals surface area contributed by atoms with E-state index >= 15 is 4.39 Å². The van der Waals surface area contributed by atoms with Gasteiger partial charge in [0.15, 0.2) is 0 Å². The number of aliphatic hydroxyl groups is 1. The van der Waals surface area contributed by atoms with Crippen LogP contribution in [0.2, 0.25) is 0 Å². The molecule has 2 N–H and O–H groups in total. The molecule has 5 aromatic rings. The summed E-state index contributed by atoms with van der Waals surface area (Å²) in [4.78, 5) is 17.4. The first kappa shape index (κ1) is 33.1. The molecule has 12 heteroatoms. The summed E-state index contributed by atoms with van der Waals surface area (Å²) < 4.78 is 38.4. The molecule has 0 aliphatic carbocycles. The molecule has 6 rings (SSSR count). The molecule has 0 saturated carbocycles. The first-order valence-corrected chi connectivity index (χ1v) is 16.5. The zero-order valence-electron chi connectivity index (χ0n) is 26.8. The highest BCUT2D eigenvalue weighted by molar-refractivity contribution is 7.10. The summed E-state index contributed by atoms with van der Waals surface area (Å²) in [7, 11) is 0. The molecule has 0 bridgehead atoms. The van der Waals surface area contributed by atoms with E-state index in [1.165, 1.54) is 22.1 Å². The van der Waals surface area contributed by atoms with Gasteiger partial charge in [0.05, 0.1) is 28.9 Å². The predicted octanol–water partition coefficient (Wildman–Crippen LogP) is 5.46. The fourth-order valence-corrected chi connectivity index (χ4v) is 7.14. The summed E-state index contributed by atoms with van der Waals surface area (Å²) in [6, 6.07) is 15.9. The Morgan fingerprint density at radius 3 is 2.62 bits per heavy atom. The van der Waals surface area contributed by atoms with Gasteiger partial charge in [-0.3, -0.25) is 0 Å².